The lowest BCUT2D eigenvalue weighted by Gasteiger charge is -2.42. The maximum Gasteiger partial charge on any atom is 0.275 e. The molecule has 2 atom stereocenters. The van der Waals surface area contributed by atoms with Crippen molar-refractivity contribution in [2.75, 3.05) is 7.05 Å². The minimum atomic E-state index is -0.649. The van der Waals surface area contributed by atoms with Crippen LogP contribution in [-0.2, 0) is 18.2 Å². The summed E-state index contributed by atoms with van der Waals surface area (Å²) in [6, 6.07) is 2.32. The maximum atomic E-state index is 12.9. The largest absolute Gasteiger partial charge is 0.369 e. The molecule has 1 aliphatic heterocycles. The van der Waals surface area contributed by atoms with Gasteiger partial charge in [-0.25, -0.2) is 0 Å². The smallest absolute Gasteiger partial charge is 0.275 e. The molecule has 0 N–H and O–H groups in total. The highest BCUT2D eigenvalue weighted by molar-refractivity contribution is 5.95. The number of nitrogens with zero attached hydrogens (tertiary/aromatic N) is 4. The van der Waals surface area contributed by atoms with E-state index >= 15 is 0 Å². The molecule has 1 fully saturated rings. The molecule has 22 heavy (non-hydrogen) atoms. The summed E-state index contributed by atoms with van der Waals surface area (Å²) in [5.41, 5.74) is 1.76. The molecule has 1 aliphatic carbocycles. The predicted molar refractivity (Wildman–Crippen MR) is 80.2 cm³/mol. The van der Waals surface area contributed by atoms with Gasteiger partial charge >= 0.3 is 0 Å². The van der Waals surface area contributed by atoms with Crippen molar-refractivity contribution in [2.45, 2.75) is 57.3 Å². The van der Waals surface area contributed by atoms with E-state index in [4.69, 9.17) is 4.74 Å². The van der Waals surface area contributed by atoms with Crippen LogP contribution in [0.2, 0.25) is 0 Å². The summed E-state index contributed by atoms with van der Waals surface area (Å²) in [6.07, 6.45) is 3.16. The zero-order chi connectivity index (χ0) is 16.1. The number of rotatable bonds is 2. The van der Waals surface area contributed by atoms with Gasteiger partial charge < -0.3 is 9.64 Å². The number of hydrogen-bond acceptors (Lipinski definition) is 4. The van der Waals surface area contributed by atoms with Crippen molar-refractivity contribution in [1.29, 1.82) is 5.26 Å². The average Bonchev–Trinajstić information content (AvgIpc) is 2.74. The molecule has 0 bridgehead atoms. The normalized spacial score (nSPS) is 25.8. The Hall–Kier alpha value is -1.87. The van der Waals surface area contributed by atoms with Crippen molar-refractivity contribution in [1.82, 2.24) is 14.7 Å². The van der Waals surface area contributed by atoms with Crippen LogP contribution < -0.4 is 0 Å². The van der Waals surface area contributed by atoms with E-state index in [1.165, 1.54) is 0 Å². The van der Waals surface area contributed by atoms with Gasteiger partial charge in [-0.3, -0.25) is 9.48 Å². The molecule has 1 aromatic rings. The SMILES string of the molecule is C[C@@H]1Cc2c(C(=O)N(C)C3(C#N)CCC3)nn(C)c2[C@H](C)O1. The van der Waals surface area contributed by atoms with Crippen molar-refractivity contribution in [2.24, 2.45) is 7.05 Å². The Labute approximate surface area is 130 Å². The third kappa shape index (κ3) is 2.03. The van der Waals surface area contributed by atoms with Crippen molar-refractivity contribution in [3.63, 3.8) is 0 Å². The monoisotopic (exact) mass is 302 g/mol. The van der Waals surface area contributed by atoms with E-state index in [0.29, 0.717) is 12.1 Å². The van der Waals surface area contributed by atoms with Crippen LogP contribution in [0.3, 0.4) is 0 Å². The summed E-state index contributed by atoms with van der Waals surface area (Å²) >= 11 is 0. The second-order valence-corrected chi connectivity index (χ2v) is 6.49. The molecule has 0 radical (unpaired) electrons. The van der Waals surface area contributed by atoms with E-state index in [-0.39, 0.29) is 18.1 Å². The summed E-state index contributed by atoms with van der Waals surface area (Å²) in [7, 11) is 3.56. The Morgan fingerprint density at radius 2 is 2.18 bits per heavy atom. The fourth-order valence-corrected chi connectivity index (χ4v) is 3.60. The third-order valence-electron chi connectivity index (χ3n) is 5.04. The first-order valence-electron chi connectivity index (χ1n) is 7.80. The van der Waals surface area contributed by atoms with Crippen LogP contribution in [0, 0.1) is 11.3 Å². The summed E-state index contributed by atoms with van der Waals surface area (Å²) in [6.45, 7) is 3.99. The number of hydrogen-bond donors (Lipinski definition) is 0. The summed E-state index contributed by atoms with van der Waals surface area (Å²) in [4.78, 5) is 14.5. The first kappa shape index (κ1) is 15.0. The number of carbonyl (C=O) groups excluding carboxylic acids is 1. The van der Waals surface area contributed by atoms with Gasteiger partial charge in [-0.1, -0.05) is 0 Å². The van der Waals surface area contributed by atoms with E-state index in [2.05, 4.69) is 11.2 Å². The van der Waals surface area contributed by atoms with E-state index < -0.39 is 5.54 Å². The Morgan fingerprint density at radius 1 is 1.50 bits per heavy atom. The van der Waals surface area contributed by atoms with Gasteiger partial charge in [0.2, 0.25) is 0 Å². The number of aromatic nitrogens is 2. The first-order chi connectivity index (χ1) is 10.4. The Kier molecular flexibility index (Phi) is 3.48. The number of nitriles is 1. The number of amides is 1. The molecule has 0 spiro atoms. The summed E-state index contributed by atoms with van der Waals surface area (Å²) < 4.78 is 7.57. The number of fused-ring (bicyclic) bond motifs is 1. The molecule has 6 heteroatoms. The predicted octanol–water partition coefficient (Wildman–Crippen LogP) is 1.96. The highest BCUT2D eigenvalue weighted by Crippen LogP contribution is 2.38. The Balaban J connectivity index is 1.98. The lowest BCUT2D eigenvalue weighted by atomic mass is 9.76. The molecule has 1 aromatic heterocycles. The molecule has 0 unspecified atom stereocenters. The molecule has 2 aliphatic rings. The standard InChI is InChI=1S/C16H22N4O2/c1-10-8-12-13(18-20(4)14(12)11(2)22-10)15(21)19(3)16(9-17)6-5-7-16/h10-11H,5-8H2,1-4H3/t10-,11+/m1/s1. The van der Waals surface area contributed by atoms with Crippen LogP contribution >= 0.6 is 0 Å². The minimum absolute atomic E-state index is 0.0668. The van der Waals surface area contributed by atoms with Crippen molar-refractivity contribution in [3.05, 3.63) is 17.0 Å². The van der Waals surface area contributed by atoms with Crippen LogP contribution in [0.25, 0.3) is 0 Å². The molecule has 0 saturated heterocycles. The van der Waals surface area contributed by atoms with E-state index in [1.807, 2.05) is 20.9 Å². The molecule has 2 heterocycles. The quantitative estimate of drug-likeness (QED) is 0.837. The second-order valence-electron chi connectivity index (χ2n) is 6.49. The van der Waals surface area contributed by atoms with Gasteiger partial charge in [0.25, 0.3) is 5.91 Å². The molecular weight excluding hydrogens is 280 g/mol. The van der Waals surface area contributed by atoms with Gasteiger partial charge in [0, 0.05) is 26.1 Å². The summed E-state index contributed by atoms with van der Waals surface area (Å²) in [5.74, 6) is -0.153. The minimum Gasteiger partial charge on any atom is -0.369 e. The van der Waals surface area contributed by atoms with Gasteiger partial charge in [0.1, 0.15) is 5.54 Å². The highest BCUT2D eigenvalue weighted by atomic mass is 16.5. The molecule has 1 amide bonds. The fourth-order valence-electron chi connectivity index (χ4n) is 3.60. The lowest BCUT2D eigenvalue weighted by molar-refractivity contribution is -0.00911. The van der Waals surface area contributed by atoms with Crippen molar-refractivity contribution in [3.8, 4) is 6.07 Å². The van der Waals surface area contributed by atoms with E-state index in [1.54, 1.807) is 16.6 Å². The van der Waals surface area contributed by atoms with E-state index in [9.17, 15) is 10.1 Å². The highest BCUT2D eigenvalue weighted by Gasteiger charge is 2.45. The van der Waals surface area contributed by atoms with Gasteiger partial charge in [-0.05, 0) is 33.1 Å². The van der Waals surface area contributed by atoms with Crippen LogP contribution in [0.15, 0.2) is 0 Å². The first-order valence-corrected chi connectivity index (χ1v) is 7.80. The van der Waals surface area contributed by atoms with Gasteiger partial charge in [-0.15, -0.1) is 0 Å². The van der Waals surface area contributed by atoms with Crippen molar-refractivity contribution >= 4 is 5.91 Å². The molecule has 3 rings (SSSR count). The van der Waals surface area contributed by atoms with Crippen LogP contribution in [-0.4, -0.2) is 39.3 Å². The topological polar surface area (TPSA) is 71.2 Å². The van der Waals surface area contributed by atoms with Crippen LogP contribution in [0.1, 0.15) is 61.0 Å². The Bertz CT molecular complexity index is 654. The number of carbonyl (C=O) groups is 1. The molecular formula is C16H22N4O2. The average molecular weight is 302 g/mol. The lowest BCUT2D eigenvalue weighted by Crippen LogP contribution is -2.53. The van der Waals surface area contributed by atoms with Gasteiger partial charge in [0.15, 0.2) is 5.69 Å². The Morgan fingerprint density at radius 3 is 2.73 bits per heavy atom. The third-order valence-corrected chi connectivity index (χ3v) is 5.04. The second kappa shape index (κ2) is 5.10. The van der Waals surface area contributed by atoms with E-state index in [0.717, 1.165) is 30.5 Å². The van der Waals surface area contributed by atoms with Gasteiger partial charge in [-0.2, -0.15) is 10.4 Å². The maximum absolute atomic E-state index is 12.9. The number of aryl methyl sites for hydroxylation is 1. The molecule has 118 valence electrons. The fraction of sp³-hybridized carbons (Fsp3) is 0.688. The zero-order valence-electron chi connectivity index (χ0n) is 13.6. The van der Waals surface area contributed by atoms with Crippen LogP contribution in [0.4, 0.5) is 0 Å². The molecule has 1 saturated carbocycles. The van der Waals surface area contributed by atoms with Crippen molar-refractivity contribution < 1.29 is 9.53 Å². The van der Waals surface area contributed by atoms with Crippen LogP contribution in [0.5, 0.6) is 0 Å². The zero-order valence-corrected chi connectivity index (χ0v) is 13.6. The number of ether oxygens (including phenoxy) is 1. The molecule has 0 aromatic carbocycles. The van der Waals surface area contributed by atoms with Gasteiger partial charge in [0.05, 0.1) is 24.0 Å². The summed E-state index contributed by atoms with van der Waals surface area (Å²) in [5, 5.41) is 13.9. The molecule has 6 nitrogen and oxygen atoms in total.